The minimum atomic E-state index is -0.760. The highest BCUT2D eigenvalue weighted by Crippen LogP contribution is 2.68. The molecule has 0 bridgehead atoms. The topological polar surface area (TPSA) is 116 Å². The number of ether oxygens (including phenoxy) is 1. The van der Waals surface area contributed by atoms with Crippen LogP contribution < -0.4 is 10.1 Å². The van der Waals surface area contributed by atoms with E-state index in [0.29, 0.717) is 18.8 Å². The van der Waals surface area contributed by atoms with E-state index in [1.54, 1.807) is 7.11 Å². The molecule has 246 valence electrons. The second kappa shape index (κ2) is 12.2. The van der Waals surface area contributed by atoms with Crippen LogP contribution in [0.1, 0.15) is 97.0 Å². The molecule has 0 aliphatic heterocycles. The van der Waals surface area contributed by atoms with Crippen LogP contribution in [0.4, 0.5) is 0 Å². The first-order valence-electron chi connectivity index (χ1n) is 17.3. The highest BCUT2D eigenvalue weighted by molar-refractivity contribution is 5.88. The number of carboxylic acid groups (broad SMARTS) is 1. The average molecular weight is 620 g/mol. The standard InChI is InChI=1S/C38H53NO6/c1-21(6-13-34(42)43)29-11-12-30-35-31(20-33(41)38(29,30)4)37(3)15-14-27(18-26(37)19-32(35)40)39-36(44)22(2)23-7-8-25-17-28(45-5)10-9-24(25)16-23/h7-10,16-17,21-22,26-27,29-33,35,40-41H,6,11-15,18-20H2,1-5H3,(H,39,44)(H,42,43)/t21-,22+,26-,27+,29-,30+,31+,32-,33+,35+,37+,38-/m1/s1. The maximum atomic E-state index is 13.5. The molecule has 0 radical (unpaired) electrons. The van der Waals surface area contributed by atoms with E-state index in [0.717, 1.165) is 60.6 Å². The van der Waals surface area contributed by atoms with Crippen molar-refractivity contribution in [2.24, 2.45) is 46.3 Å². The normalized spacial score (nSPS) is 38.8. The van der Waals surface area contributed by atoms with E-state index < -0.39 is 18.2 Å². The number of carbonyl (C=O) groups excluding carboxylic acids is 1. The van der Waals surface area contributed by atoms with Gasteiger partial charge in [0.2, 0.25) is 5.91 Å². The zero-order valence-corrected chi connectivity index (χ0v) is 27.7. The summed E-state index contributed by atoms with van der Waals surface area (Å²) in [5.74, 6) is 1.28. The molecule has 0 unspecified atom stereocenters. The fourth-order valence-corrected chi connectivity index (χ4v) is 11.0. The van der Waals surface area contributed by atoms with Gasteiger partial charge in [0.15, 0.2) is 0 Å². The number of carboxylic acids is 1. The van der Waals surface area contributed by atoms with Crippen LogP contribution in [0, 0.1) is 46.3 Å². The predicted molar refractivity (Wildman–Crippen MR) is 175 cm³/mol. The van der Waals surface area contributed by atoms with Crippen molar-refractivity contribution in [1.82, 2.24) is 5.32 Å². The van der Waals surface area contributed by atoms with E-state index in [1.165, 1.54) is 0 Å². The maximum absolute atomic E-state index is 13.5. The van der Waals surface area contributed by atoms with Crippen LogP contribution in [0.25, 0.3) is 10.8 Å². The fourth-order valence-electron chi connectivity index (χ4n) is 11.0. The van der Waals surface area contributed by atoms with E-state index in [4.69, 9.17) is 4.74 Å². The number of nitrogens with one attached hydrogen (secondary N) is 1. The molecule has 4 fully saturated rings. The number of aliphatic hydroxyl groups excluding tert-OH is 2. The Balaban J connectivity index is 1.13. The molecular formula is C38H53NO6. The highest BCUT2D eigenvalue weighted by Gasteiger charge is 2.65. The summed E-state index contributed by atoms with van der Waals surface area (Å²) in [5.41, 5.74) is 0.721. The summed E-state index contributed by atoms with van der Waals surface area (Å²) < 4.78 is 5.35. The van der Waals surface area contributed by atoms with Crippen molar-refractivity contribution in [3.8, 4) is 5.75 Å². The number of aliphatic hydroxyl groups is 2. The number of benzene rings is 2. The molecule has 2 aromatic rings. The molecule has 4 N–H and O–H groups in total. The summed E-state index contributed by atoms with van der Waals surface area (Å²) in [7, 11) is 1.66. The molecule has 7 nitrogen and oxygen atoms in total. The van der Waals surface area contributed by atoms with Crippen LogP contribution in [0.5, 0.6) is 5.75 Å². The molecule has 6 rings (SSSR count). The fraction of sp³-hybridized carbons (Fsp3) is 0.684. The summed E-state index contributed by atoms with van der Waals surface area (Å²) in [5, 5.41) is 38.4. The Morgan fingerprint density at radius 1 is 0.978 bits per heavy atom. The van der Waals surface area contributed by atoms with Crippen LogP contribution in [0.3, 0.4) is 0 Å². The van der Waals surface area contributed by atoms with Gasteiger partial charge in [-0.2, -0.15) is 0 Å². The lowest BCUT2D eigenvalue weighted by molar-refractivity contribution is -0.202. The molecule has 0 aromatic heterocycles. The third kappa shape index (κ3) is 5.56. The number of fused-ring (bicyclic) bond motifs is 6. The van der Waals surface area contributed by atoms with Crippen LogP contribution in [0.15, 0.2) is 36.4 Å². The Bertz CT molecular complexity index is 1430. The Morgan fingerprint density at radius 2 is 1.71 bits per heavy atom. The number of hydrogen-bond donors (Lipinski definition) is 4. The first-order valence-corrected chi connectivity index (χ1v) is 17.3. The highest BCUT2D eigenvalue weighted by atomic mass is 16.5. The lowest BCUT2D eigenvalue weighted by Gasteiger charge is -2.63. The third-order valence-electron chi connectivity index (χ3n) is 13.7. The quantitative estimate of drug-likeness (QED) is 0.267. The van der Waals surface area contributed by atoms with Gasteiger partial charge in [-0.15, -0.1) is 0 Å². The Labute approximate surface area is 268 Å². The average Bonchev–Trinajstić information content (AvgIpc) is 3.38. The van der Waals surface area contributed by atoms with E-state index in [9.17, 15) is 24.9 Å². The largest absolute Gasteiger partial charge is 0.497 e. The van der Waals surface area contributed by atoms with E-state index in [-0.39, 0.29) is 64.7 Å². The number of amides is 1. The van der Waals surface area contributed by atoms with E-state index in [1.807, 2.05) is 31.2 Å². The Hall–Kier alpha value is -2.64. The van der Waals surface area contributed by atoms with Gasteiger partial charge in [0.1, 0.15) is 5.75 Å². The second-order valence-corrected chi connectivity index (χ2v) is 15.7. The van der Waals surface area contributed by atoms with Crippen molar-refractivity contribution >= 4 is 22.6 Å². The molecule has 45 heavy (non-hydrogen) atoms. The molecule has 0 heterocycles. The summed E-state index contributed by atoms with van der Waals surface area (Å²) in [6.45, 7) is 8.75. The summed E-state index contributed by atoms with van der Waals surface area (Å²) >= 11 is 0. The molecular weight excluding hydrogens is 566 g/mol. The SMILES string of the molecule is COc1ccc2cc([C@H](C)C(=O)N[C@H]3CC[C@@]4(C)[C@H](C3)C[C@@H](O)[C@@H]3[C@@H]4C[C@H](O)[C@]4(C)[C@@H]([C@H](C)CCC(=O)O)CC[C@@H]34)ccc2c1. The monoisotopic (exact) mass is 619 g/mol. The number of carbonyl (C=O) groups is 2. The molecule has 2 aromatic carbocycles. The van der Waals surface area contributed by atoms with Crippen molar-refractivity contribution in [2.75, 3.05) is 7.11 Å². The molecule has 0 saturated heterocycles. The number of rotatable bonds is 8. The van der Waals surface area contributed by atoms with Crippen molar-refractivity contribution < 1.29 is 29.6 Å². The van der Waals surface area contributed by atoms with Crippen molar-refractivity contribution in [1.29, 1.82) is 0 Å². The smallest absolute Gasteiger partial charge is 0.303 e. The van der Waals surface area contributed by atoms with Gasteiger partial charge in [-0.1, -0.05) is 45.0 Å². The molecule has 1 amide bonds. The lowest BCUT2D eigenvalue weighted by atomic mass is 9.43. The summed E-state index contributed by atoms with van der Waals surface area (Å²) in [6, 6.07) is 12.2. The Morgan fingerprint density at radius 3 is 2.44 bits per heavy atom. The van der Waals surface area contributed by atoms with Crippen LogP contribution in [-0.2, 0) is 9.59 Å². The van der Waals surface area contributed by atoms with Crippen molar-refractivity contribution in [2.45, 2.75) is 110 Å². The zero-order chi connectivity index (χ0) is 32.3. The minimum Gasteiger partial charge on any atom is -0.497 e. The first kappa shape index (κ1) is 32.3. The summed E-state index contributed by atoms with van der Waals surface area (Å²) in [6.07, 6.45) is 6.12. The minimum absolute atomic E-state index is 0.0193. The van der Waals surface area contributed by atoms with Gasteiger partial charge in [-0.05, 0) is 133 Å². The van der Waals surface area contributed by atoms with E-state index in [2.05, 4.69) is 38.2 Å². The lowest BCUT2D eigenvalue weighted by Crippen LogP contribution is -2.63. The number of aliphatic carboxylic acids is 1. The molecule has 12 atom stereocenters. The molecule has 4 aliphatic carbocycles. The molecule has 0 spiro atoms. The summed E-state index contributed by atoms with van der Waals surface area (Å²) in [4.78, 5) is 24.8. The molecule has 7 heteroatoms. The first-order chi connectivity index (χ1) is 21.4. The maximum Gasteiger partial charge on any atom is 0.303 e. The second-order valence-electron chi connectivity index (χ2n) is 15.7. The Kier molecular flexibility index (Phi) is 8.75. The van der Waals surface area contributed by atoms with Gasteiger partial charge < -0.3 is 25.4 Å². The van der Waals surface area contributed by atoms with Gasteiger partial charge in [0.25, 0.3) is 0 Å². The predicted octanol–water partition coefficient (Wildman–Crippen LogP) is 6.54. The number of hydrogen-bond acceptors (Lipinski definition) is 5. The van der Waals surface area contributed by atoms with Gasteiger partial charge in [0, 0.05) is 12.5 Å². The van der Waals surface area contributed by atoms with E-state index >= 15 is 0 Å². The van der Waals surface area contributed by atoms with Crippen molar-refractivity contribution in [3.63, 3.8) is 0 Å². The zero-order valence-electron chi connectivity index (χ0n) is 27.7. The third-order valence-corrected chi connectivity index (χ3v) is 13.7. The molecule has 4 saturated carbocycles. The van der Waals surface area contributed by atoms with Gasteiger partial charge in [-0.25, -0.2) is 0 Å². The van der Waals surface area contributed by atoms with Crippen LogP contribution in [-0.4, -0.2) is 52.6 Å². The van der Waals surface area contributed by atoms with Gasteiger partial charge in [0.05, 0.1) is 25.2 Å². The van der Waals surface area contributed by atoms with Gasteiger partial charge >= 0.3 is 5.97 Å². The van der Waals surface area contributed by atoms with Crippen LogP contribution >= 0.6 is 0 Å². The molecule has 4 aliphatic rings. The van der Waals surface area contributed by atoms with Gasteiger partial charge in [-0.3, -0.25) is 9.59 Å². The van der Waals surface area contributed by atoms with Crippen LogP contribution in [0.2, 0.25) is 0 Å². The van der Waals surface area contributed by atoms with Crippen molar-refractivity contribution in [3.05, 3.63) is 42.0 Å². The number of methoxy groups -OCH3 is 1.